The first-order chi connectivity index (χ1) is 8.93. The summed E-state index contributed by atoms with van der Waals surface area (Å²) in [5.74, 6) is -2.31. The first-order valence-corrected chi connectivity index (χ1v) is 5.51. The van der Waals surface area contributed by atoms with Gasteiger partial charge in [0.25, 0.3) is 0 Å². The molecule has 0 saturated carbocycles. The Morgan fingerprint density at radius 2 is 1.63 bits per heavy atom. The van der Waals surface area contributed by atoms with Gasteiger partial charge in [-0.3, -0.25) is 0 Å². The summed E-state index contributed by atoms with van der Waals surface area (Å²) < 4.78 is 9.21. The maximum Gasteiger partial charge on any atom is 0.342 e. The Balaban J connectivity index is 4.97. The highest BCUT2D eigenvalue weighted by molar-refractivity contribution is 5.89. The Morgan fingerprint density at radius 1 is 1.11 bits per heavy atom. The lowest BCUT2D eigenvalue weighted by Gasteiger charge is -2.28. The number of rotatable bonds is 9. The predicted molar refractivity (Wildman–Crippen MR) is 68.1 cm³/mol. The fraction of sp³-hybridized carbons (Fsp3) is 0.385. The van der Waals surface area contributed by atoms with Crippen LogP contribution in [0.2, 0.25) is 0 Å². The van der Waals surface area contributed by atoms with Crippen LogP contribution in [0.25, 0.3) is 0 Å². The molecule has 0 aromatic carbocycles. The summed E-state index contributed by atoms with van der Waals surface area (Å²) in [4.78, 5) is 23.1. The highest BCUT2D eigenvalue weighted by atomic mass is 16.6. The zero-order valence-electron chi connectivity index (χ0n) is 10.6. The third kappa shape index (κ3) is 4.69. The minimum absolute atomic E-state index is 0.151. The van der Waals surface area contributed by atoms with Gasteiger partial charge < -0.3 is 19.7 Å². The first kappa shape index (κ1) is 17.1. The Kier molecular flexibility index (Phi) is 7.40. The molecule has 0 aliphatic carbocycles. The van der Waals surface area contributed by atoms with Crippen LogP contribution in [0.5, 0.6) is 0 Å². The Morgan fingerprint density at radius 3 is 2.11 bits per heavy atom. The lowest BCUT2D eigenvalue weighted by molar-refractivity contribution is -0.188. The maximum atomic E-state index is 11.7. The molecule has 0 aliphatic heterocycles. The number of hydrogen-bond acceptors (Lipinski definition) is 6. The second kappa shape index (κ2) is 8.23. The topological polar surface area (TPSA) is 93.1 Å². The molecule has 6 nitrogen and oxygen atoms in total. The van der Waals surface area contributed by atoms with Crippen molar-refractivity contribution in [3.05, 3.63) is 38.0 Å². The predicted octanol–water partition coefficient (Wildman–Crippen LogP) is 0.113. The summed E-state index contributed by atoms with van der Waals surface area (Å²) >= 11 is 0. The summed E-state index contributed by atoms with van der Waals surface area (Å²) in [5.41, 5.74) is -2.44. The van der Waals surface area contributed by atoms with Gasteiger partial charge in [-0.1, -0.05) is 31.4 Å². The Labute approximate surface area is 111 Å². The molecule has 2 atom stereocenters. The van der Waals surface area contributed by atoms with Gasteiger partial charge in [-0.05, 0) is 0 Å². The number of esters is 2. The molecular formula is C13H18O6. The van der Waals surface area contributed by atoms with E-state index in [1.165, 1.54) is 18.2 Å². The van der Waals surface area contributed by atoms with Crippen molar-refractivity contribution in [2.24, 2.45) is 0 Å². The van der Waals surface area contributed by atoms with E-state index in [1.54, 1.807) is 0 Å². The van der Waals surface area contributed by atoms with E-state index >= 15 is 0 Å². The molecule has 2 unspecified atom stereocenters. The second-order valence-corrected chi connectivity index (χ2v) is 3.63. The number of carbonyl (C=O) groups is 2. The number of hydrogen-bond donors (Lipinski definition) is 2. The molecule has 0 spiro atoms. The highest BCUT2D eigenvalue weighted by Gasteiger charge is 2.48. The number of aliphatic hydroxyl groups is 2. The SMILES string of the molecule is C=CCOC(=O)C(O)C(O)(CC=C)C(=O)OCC=C. The standard InChI is InChI=1S/C13H18O6/c1-4-7-13(17,12(16)19-9-6-3)10(14)11(15)18-8-5-2/h4-6,10,14,17H,1-3,7-9H2. The lowest BCUT2D eigenvalue weighted by atomic mass is 9.92. The fourth-order valence-electron chi connectivity index (χ4n) is 1.20. The average molecular weight is 270 g/mol. The van der Waals surface area contributed by atoms with Crippen molar-refractivity contribution < 1.29 is 29.3 Å². The van der Waals surface area contributed by atoms with Gasteiger partial charge in [-0.2, -0.15) is 0 Å². The molecule has 0 bridgehead atoms. The van der Waals surface area contributed by atoms with Crippen LogP contribution in [0.1, 0.15) is 6.42 Å². The van der Waals surface area contributed by atoms with Gasteiger partial charge in [-0.15, -0.1) is 6.58 Å². The second-order valence-electron chi connectivity index (χ2n) is 3.63. The van der Waals surface area contributed by atoms with Crippen LogP contribution in [0.3, 0.4) is 0 Å². The molecule has 0 saturated heterocycles. The number of aliphatic hydroxyl groups excluding tert-OH is 1. The van der Waals surface area contributed by atoms with E-state index in [0.29, 0.717) is 0 Å². The fourth-order valence-corrected chi connectivity index (χ4v) is 1.20. The van der Waals surface area contributed by atoms with E-state index in [4.69, 9.17) is 0 Å². The maximum absolute atomic E-state index is 11.7. The van der Waals surface area contributed by atoms with Crippen LogP contribution < -0.4 is 0 Å². The van der Waals surface area contributed by atoms with Gasteiger partial charge in [0.15, 0.2) is 6.10 Å². The van der Waals surface area contributed by atoms with Gasteiger partial charge in [0.05, 0.1) is 0 Å². The van der Waals surface area contributed by atoms with E-state index in [0.717, 1.165) is 0 Å². The molecule has 0 fully saturated rings. The molecule has 106 valence electrons. The minimum Gasteiger partial charge on any atom is -0.459 e. The van der Waals surface area contributed by atoms with Crippen molar-refractivity contribution in [2.45, 2.75) is 18.1 Å². The van der Waals surface area contributed by atoms with Crippen LogP contribution >= 0.6 is 0 Å². The number of carbonyl (C=O) groups excluding carboxylic acids is 2. The quantitative estimate of drug-likeness (QED) is 0.456. The molecule has 0 aromatic heterocycles. The first-order valence-electron chi connectivity index (χ1n) is 5.51. The van der Waals surface area contributed by atoms with E-state index < -0.39 is 23.6 Å². The highest BCUT2D eigenvalue weighted by Crippen LogP contribution is 2.20. The van der Waals surface area contributed by atoms with Crippen molar-refractivity contribution in [1.29, 1.82) is 0 Å². The van der Waals surface area contributed by atoms with Crippen molar-refractivity contribution in [3.8, 4) is 0 Å². The third-order valence-electron chi connectivity index (χ3n) is 2.16. The molecule has 0 heterocycles. The van der Waals surface area contributed by atoms with Crippen LogP contribution in [0.4, 0.5) is 0 Å². The summed E-state index contributed by atoms with van der Waals surface area (Å²) in [6.45, 7) is 9.70. The molecule has 0 amide bonds. The van der Waals surface area contributed by atoms with Gasteiger partial charge in [0, 0.05) is 6.42 Å². The molecule has 0 aromatic rings. The normalized spacial score (nSPS) is 14.6. The van der Waals surface area contributed by atoms with Crippen molar-refractivity contribution in [2.75, 3.05) is 13.2 Å². The largest absolute Gasteiger partial charge is 0.459 e. The molecule has 0 aliphatic rings. The van der Waals surface area contributed by atoms with E-state index in [-0.39, 0.29) is 19.6 Å². The monoisotopic (exact) mass is 270 g/mol. The molecule has 6 heteroatoms. The summed E-state index contributed by atoms with van der Waals surface area (Å²) in [5, 5.41) is 19.8. The van der Waals surface area contributed by atoms with Gasteiger partial charge in [0.1, 0.15) is 13.2 Å². The zero-order chi connectivity index (χ0) is 14.9. The van der Waals surface area contributed by atoms with Crippen LogP contribution in [-0.4, -0.2) is 47.1 Å². The minimum atomic E-state index is -2.44. The zero-order valence-corrected chi connectivity index (χ0v) is 10.6. The Hall–Kier alpha value is -1.92. The molecule has 0 radical (unpaired) electrons. The van der Waals surface area contributed by atoms with E-state index in [2.05, 4.69) is 29.2 Å². The summed E-state index contributed by atoms with van der Waals surface area (Å²) in [6.07, 6.45) is 1.30. The van der Waals surface area contributed by atoms with Crippen molar-refractivity contribution in [1.82, 2.24) is 0 Å². The summed E-state index contributed by atoms with van der Waals surface area (Å²) in [7, 11) is 0. The Bertz CT molecular complexity index is 362. The van der Waals surface area contributed by atoms with Gasteiger partial charge >= 0.3 is 11.9 Å². The third-order valence-corrected chi connectivity index (χ3v) is 2.16. The van der Waals surface area contributed by atoms with Crippen LogP contribution in [-0.2, 0) is 19.1 Å². The van der Waals surface area contributed by atoms with E-state index in [1.807, 2.05) is 0 Å². The van der Waals surface area contributed by atoms with Crippen molar-refractivity contribution >= 4 is 11.9 Å². The molecule has 0 rings (SSSR count). The molecule has 19 heavy (non-hydrogen) atoms. The van der Waals surface area contributed by atoms with Crippen LogP contribution in [0.15, 0.2) is 38.0 Å². The number of ether oxygens (including phenoxy) is 2. The average Bonchev–Trinajstić information content (AvgIpc) is 2.41. The van der Waals surface area contributed by atoms with Gasteiger partial charge in [0.2, 0.25) is 5.60 Å². The van der Waals surface area contributed by atoms with Crippen molar-refractivity contribution in [3.63, 3.8) is 0 Å². The van der Waals surface area contributed by atoms with Gasteiger partial charge in [-0.25, -0.2) is 9.59 Å². The van der Waals surface area contributed by atoms with E-state index in [9.17, 15) is 19.8 Å². The molecule has 2 N–H and O–H groups in total. The van der Waals surface area contributed by atoms with Crippen LogP contribution in [0, 0.1) is 0 Å². The lowest BCUT2D eigenvalue weighted by Crippen LogP contribution is -2.54. The molecular weight excluding hydrogens is 252 g/mol. The summed E-state index contributed by atoms with van der Waals surface area (Å²) in [6, 6.07) is 0. The smallest absolute Gasteiger partial charge is 0.342 e.